The van der Waals surface area contributed by atoms with Crippen LogP contribution in [0.1, 0.15) is 18.9 Å². The van der Waals surface area contributed by atoms with Crippen LogP contribution in [0.25, 0.3) is 0 Å². The average molecular weight is 247 g/mol. The van der Waals surface area contributed by atoms with Gasteiger partial charge in [-0.3, -0.25) is 0 Å². The monoisotopic (exact) mass is 247 g/mol. The van der Waals surface area contributed by atoms with Gasteiger partial charge in [0.1, 0.15) is 0 Å². The van der Waals surface area contributed by atoms with E-state index in [1.807, 2.05) is 6.20 Å². The van der Waals surface area contributed by atoms with Gasteiger partial charge in [0.25, 0.3) is 0 Å². The maximum Gasteiger partial charge on any atom is 0.170 e. The Labute approximate surface area is 106 Å². The smallest absolute Gasteiger partial charge is 0.170 e. The van der Waals surface area contributed by atoms with Crippen molar-refractivity contribution in [3.63, 3.8) is 0 Å². The molecule has 0 atom stereocenters. The summed E-state index contributed by atoms with van der Waals surface area (Å²) in [5, 5.41) is 4.32. The largest absolute Gasteiger partial charge is 0.339 e. The first-order chi connectivity index (χ1) is 8.38. The van der Waals surface area contributed by atoms with Crippen molar-refractivity contribution >= 4 is 11.8 Å². The minimum absolute atomic E-state index is 0.932. The first-order valence-corrected chi connectivity index (χ1v) is 6.67. The number of benzene rings is 1. The summed E-state index contributed by atoms with van der Waals surface area (Å²) in [5.41, 5.74) is 1.32. The minimum atomic E-state index is 0.932. The lowest BCUT2D eigenvalue weighted by molar-refractivity contribution is 0.675. The Morgan fingerprint density at radius 3 is 2.76 bits per heavy atom. The van der Waals surface area contributed by atoms with E-state index in [0.29, 0.717) is 0 Å². The van der Waals surface area contributed by atoms with Crippen LogP contribution in [-0.2, 0) is 6.54 Å². The second-order valence-corrected chi connectivity index (χ2v) is 4.88. The fraction of sp³-hybridized carbons (Fsp3) is 0.308. The first kappa shape index (κ1) is 12.2. The van der Waals surface area contributed by atoms with Crippen molar-refractivity contribution in [1.29, 1.82) is 0 Å². The molecule has 2 N–H and O–H groups in total. The zero-order chi connectivity index (χ0) is 11.9. The molecule has 0 saturated heterocycles. The molecular weight excluding hydrogens is 230 g/mol. The number of hydrogen-bond acceptors (Lipinski definition) is 3. The molecule has 0 unspecified atom stereocenters. The molecule has 1 aromatic heterocycles. The number of H-pyrrole nitrogens is 1. The lowest BCUT2D eigenvalue weighted by Crippen LogP contribution is -2.13. The average Bonchev–Trinajstić information content (AvgIpc) is 2.85. The molecule has 4 heteroatoms. The third-order valence-corrected chi connectivity index (χ3v) is 3.29. The quantitative estimate of drug-likeness (QED) is 0.771. The van der Waals surface area contributed by atoms with Crippen LogP contribution in [0.5, 0.6) is 0 Å². The van der Waals surface area contributed by atoms with Crippen molar-refractivity contribution in [1.82, 2.24) is 15.3 Å². The van der Waals surface area contributed by atoms with Crippen LogP contribution in [0.15, 0.2) is 46.7 Å². The highest BCUT2D eigenvalue weighted by Gasteiger charge is 1.99. The zero-order valence-electron chi connectivity index (χ0n) is 9.94. The van der Waals surface area contributed by atoms with E-state index in [9.17, 15) is 0 Å². The minimum Gasteiger partial charge on any atom is -0.339 e. The highest BCUT2D eigenvalue weighted by atomic mass is 32.2. The highest BCUT2D eigenvalue weighted by Crippen LogP contribution is 2.24. The van der Waals surface area contributed by atoms with Crippen LogP contribution in [0.3, 0.4) is 0 Å². The van der Waals surface area contributed by atoms with Gasteiger partial charge in [0.2, 0.25) is 0 Å². The molecule has 90 valence electrons. The van der Waals surface area contributed by atoms with E-state index in [0.717, 1.165) is 18.2 Å². The lowest BCUT2D eigenvalue weighted by atomic mass is 10.2. The molecule has 0 bridgehead atoms. The molecule has 0 fully saturated rings. The van der Waals surface area contributed by atoms with Crippen LogP contribution in [0.4, 0.5) is 0 Å². The van der Waals surface area contributed by atoms with Gasteiger partial charge in [-0.2, -0.15) is 0 Å². The van der Waals surface area contributed by atoms with Crippen molar-refractivity contribution in [3.05, 3.63) is 42.2 Å². The Balaban J connectivity index is 1.89. The number of aromatic nitrogens is 2. The number of imidazole rings is 1. The fourth-order valence-corrected chi connectivity index (χ4v) is 2.24. The fourth-order valence-electron chi connectivity index (χ4n) is 1.50. The third-order valence-electron chi connectivity index (χ3n) is 2.37. The molecule has 1 aromatic carbocycles. The number of nitrogens with zero attached hydrogens (tertiary/aromatic N) is 1. The first-order valence-electron chi connectivity index (χ1n) is 5.85. The normalized spacial score (nSPS) is 10.6. The van der Waals surface area contributed by atoms with Crippen LogP contribution in [-0.4, -0.2) is 16.5 Å². The number of rotatable bonds is 6. The van der Waals surface area contributed by atoms with Gasteiger partial charge >= 0.3 is 0 Å². The zero-order valence-corrected chi connectivity index (χ0v) is 10.8. The van der Waals surface area contributed by atoms with E-state index in [1.54, 1.807) is 18.0 Å². The van der Waals surface area contributed by atoms with Crippen LogP contribution < -0.4 is 5.32 Å². The van der Waals surface area contributed by atoms with E-state index >= 15 is 0 Å². The van der Waals surface area contributed by atoms with Gasteiger partial charge in [0, 0.05) is 23.8 Å². The second-order valence-electron chi connectivity index (χ2n) is 3.82. The van der Waals surface area contributed by atoms with Gasteiger partial charge in [0.05, 0.1) is 0 Å². The SMILES string of the molecule is CCCNCc1ccc(Sc2ncc[nH]2)cc1. The molecule has 2 rings (SSSR count). The topological polar surface area (TPSA) is 40.7 Å². The summed E-state index contributed by atoms with van der Waals surface area (Å²) in [7, 11) is 0. The molecule has 1 heterocycles. The molecule has 0 amide bonds. The molecule has 0 aliphatic rings. The van der Waals surface area contributed by atoms with Crippen molar-refractivity contribution in [2.24, 2.45) is 0 Å². The Hall–Kier alpha value is -1.26. The third kappa shape index (κ3) is 3.91. The molecule has 0 aliphatic heterocycles. The molecule has 0 spiro atoms. The van der Waals surface area contributed by atoms with Crippen molar-refractivity contribution in [2.75, 3.05) is 6.54 Å². The lowest BCUT2D eigenvalue weighted by Gasteiger charge is -2.04. The molecule has 0 saturated carbocycles. The number of hydrogen-bond donors (Lipinski definition) is 2. The van der Waals surface area contributed by atoms with Crippen LogP contribution >= 0.6 is 11.8 Å². The number of nitrogens with one attached hydrogen (secondary N) is 2. The van der Waals surface area contributed by atoms with Crippen molar-refractivity contribution < 1.29 is 0 Å². The van der Waals surface area contributed by atoms with Gasteiger partial charge in [-0.1, -0.05) is 30.8 Å². The summed E-state index contributed by atoms with van der Waals surface area (Å²) < 4.78 is 0. The Bertz CT molecular complexity index is 422. The summed E-state index contributed by atoms with van der Waals surface area (Å²) in [6.07, 6.45) is 4.78. The van der Waals surface area contributed by atoms with Gasteiger partial charge < -0.3 is 10.3 Å². The predicted molar refractivity (Wildman–Crippen MR) is 71.2 cm³/mol. The summed E-state index contributed by atoms with van der Waals surface area (Å²) >= 11 is 1.64. The summed E-state index contributed by atoms with van der Waals surface area (Å²) in [4.78, 5) is 8.48. The summed E-state index contributed by atoms with van der Waals surface area (Å²) in [6.45, 7) is 4.19. The highest BCUT2D eigenvalue weighted by molar-refractivity contribution is 7.99. The van der Waals surface area contributed by atoms with E-state index in [-0.39, 0.29) is 0 Å². The maximum atomic E-state index is 4.19. The standard InChI is InChI=1S/C13H17N3S/c1-2-7-14-10-11-3-5-12(6-4-11)17-13-15-8-9-16-13/h3-6,8-9,14H,2,7,10H2,1H3,(H,15,16). The Morgan fingerprint density at radius 1 is 1.29 bits per heavy atom. The molecule has 0 aliphatic carbocycles. The van der Waals surface area contributed by atoms with E-state index in [1.165, 1.54) is 16.9 Å². The van der Waals surface area contributed by atoms with Crippen molar-refractivity contribution in [3.8, 4) is 0 Å². The molecule has 3 nitrogen and oxygen atoms in total. The van der Waals surface area contributed by atoms with Gasteiger partial charge in [-0.15, -0.1) is 0 Å². The van der Waals surface area contributed by atoms with E-state index in [4.69, 9.17) is 0 Å². The molecule has 2 aromatic rings. The Kier molecular flexibility index (Phi) is 4.64. The van der Waals surface area contributed by atoms with Gasteiger partial charge in [-0.05, 0) is 30.7 Å². The molecule has 17 heavy (non-hydrogen) atoms. The van der Waals surface area contributed by atoms with Crippen LogP contribution in [0, 0.1) is 0 Å². The van der Waals surface area contributed by atoms with Crippen molar-refractivity contribution in [2.45, 2.75) is 29.9 Å². The second kappa shape index (κ2) is 6.47. The summed E-state index contributed by atoms with van der Waals surface area (Å²) in [5.74, 6) is 0. The van der Waals surface area contributed by atoms with Crippen LogP contribution in [0.2, 0.25) is 0 Å². The van der Waals surface area contributed by atoms with Gasteiger partial charge in [-0.25, -0.2) is 4.98 Å². The molecule has 0 radical (unpaired) electrons. The summed E-state index contributed by atoms with van der Waals surface area (Å²) in [6, 6.07) is 8.59. The maximum absolute atomic E-state index is 4.19. The van der Waals surface area contributed by atoms with Gasteiger partial charge in [0.15, 0.2) is 5.16 Å². The Morgan fingerprint density at radius 2 is 2.12 bits per heavy atom. The number of aromatic amines is 1. The van der Waals surface area contributed by atoms with E-state index in [2.05, 4.69) is 46.5 Å². The molecular formula is C13H17N3S. The predicted octanol–water partition coefficient (Wildman–Crippen LogP) is 3.06. The van der Waals surface area contributed by atoms with E-state index < -0.39 is 0 Å².